The first-order valence-electron chi connectivity index (χ1n) is 8.74. The van der Waals surface area contributed by atoms with E-state index in [9.17, 15) is 9.59 Å². The number of hydrogen-bond donors (Lipinski definition) is 1. The van der Waals surface area contributed by atoms with Crippen LogP contribution in [0.1, 0.15) is 15.9 Å². The number of amides is 1. The van der Waals surface area contributed by atoms with E-state index in [1.165, 1.54) is 0 Å². The van der Waals surface area contributed by atoms with Crippen molar-refractivity contribution in [1.82, 2.24) is 4.57 Å². The predicted molar refractivity (Wildman–Crippen MR) is 110 cm³/mol. The number of aldehydes is 1. The molecular weight excluding hydrogens is 376 g/mol. The van der Waals surface area contributed by atoms with E-state index >= 15 is 0 Å². The van der Waals surface area contributed by atoms with Crippen LogP contribution in [0.15, 0.2) is 60.7 Å². The first kappa shape index (κ1) is 18.1. The highest BCUT2D eigenvalue weighted by atomic mass is 35.5. The number of ether oxygens (including phenoxy) is 1. The number of primary amides is 1. The normalized spacial score (nSPS) is 11.0. The molecule has 28 heavy (non-hydrogen) atoms. The Hall–Kier alpha value is -3.31. The summed E-state index contributed by atoms with van der Waals surface area (Å²) in [6.07, 6.45) is 0.693. The molecule has 1 heterocycles. The third-order valence-corrected chi connectivity index (χ3v) is 4.92. The van der Waals surface area contributed by atoms with Crippen molar-refractivity contribution in [3.63, 3.8) is 0 Å². The summed E-state index contributed by atoms with van der Waals surface area (Å²) in [6.45, 7) is 0.485. The molecule has 0 fully saturated rings. The summed E-state index contributed by atoms with van der Waals surface area (Å²) < 4.78 is 7.73. The van der Waals surface area contributed by atoms with Gasteiger partial charge in [-0.25, -0.2) is 0 Å². The molecule has 0 unspecified atom stereocenters. The van der Waals surface area contributed by atoms with Crippen LogP contribution in [0.2, 0.25) is 5.02 Å². The van der Waals surface area contributed by atoms with Gasteiger partial charge in [0.2, 0.25) is 5.91 Å². The number of aromatic nitrogens is 1. The van der Waals surface area contributed by atoms with Crippen molar-refractivity contribution in [2.45, 2.75) is 6.54 Å². The molecule has 5 nitrogen and oxygen atoms in total. The molecule has 4 rings (SSSR count). The van der Waals surface area contributed by atoms with E-state index in [2.05, 4.69) is 4.57 Å². The molecule has 140 valence electrons. The number of fused-ring (bicyclic) bond motifs is 3. The Labute approximate surface area is 166 Å². The number of benzene rings is 3. The van der Waals surface area contributed by atoms with E-state index < -0.39 is 5.91 Å². The minimum Gasteiger partial charge on any atom is -0.485 e. The molecule has 0 spiro atoms. The predicted octanol–water partition coefficient (Wildman–Crippen LogP) is 4.17. The van der Waals surface area contributed by atoms with E-state index in [-0.39, 0.29) is 6.61 Å². The molecule has 0 saturated carbocycles. The number of carbonyl (C=O) groups excluding carboxylic acids is 2. The fourth-order valence-corrected chi connectivity index (χ4v) is 3.80. The Bertz CT molecular complexity index is 1210. The van der Waals surface area contributed by atoms with Crippen LogP contribution >= 0.6 is 11.6 Å². The van der Waals surface area contributed by atoms with Crippen molar-refractivity contribution >= 4 is 45.6 Å². The molecule has 1 amide bonds. The number of nitrogens with two attached hydrogens (primary N) is 1. The molecule has 0 bridgehead atoms. The number of halogens is 1. The minimum absolute atomic E-state index is 0.0706. The molecular formula is C22H17ClN2O3. The minimum atomic E-state index is -0.516. The van der Waals surface area contributed by atoms with Gasteiger partial charge in [-0.05, 0) is 42.0 Å². The Kier molecular flexibility index (Phi) is 4.75. The van der Waals surface area contributed by atoms with Gasteiger partial charge in [0.1, 0.15) is 12.4 Å². The summed E-state index contributed by atoms with van der Waals surface area (Å²) in [4.78, 5) is 22.9. The van der Waals surface area contributed by atoms with E-state index in [4.69, 9.17) is 22.1 Å². The average Bonchev–Trinajstić information content (AvgIpc) is 3.01. The van der Waals surface area contributed by atoms with Crippen LogP contribution in [0.4, 0.5) is 0 Å². The zero-order valence-electron chi connectivity index (χ0n) is 14.9. The lowest BCUT2D eigenvalue weighted by Crippen LogP contribution is -2.11. The lowest BCUT2D eigenvalue weighted by molar-refractivity contribution is -0.109. The van der Waals surface area contributed by atoms with Crippen LogP contribution in [-0.2, 0) is 11.3 Å². The standard InChI is InChI=1S/C22H17ClN2O3/c23-15-5-1-4-14(12-15)13-25-17-7-2-6-16(22(24)27)20(17)21-18(25)8-3-9-19(21)28-11-10-26/h1-10,12H,11,13H2,(H2,24,27). The van der Waals surface area contributed by atoms with Gasteiger partial charge in [0.05, 0.1) is 16.4 Å². The lowest BCUT2D eigenvalue weighted by Gasteiger charge is -2.09. The quantitative estimate of drug-likeness (QED) is 0.500. The van der Waals surface area contributed by atoms with Gasteiger partial charge in [-0.3, -0.25) is 9.59 Å². The second-order valence-electron chi connectivity index (χ2n) is 6.41. The van der Waals surface area contributed by atoms with Crippen molar-refractivity contribution in [2.24, 2.45) is 5.73 Å². The highest BCUT2D eigenvalue weighted by Gasteiger charge is 2.19. The van der Waals surface area contributed by atoms with Crippen molar-refractivity contribution < 1.29 is 14.3 Å². The van der Waals surface area contributed by atoms with Gasteiger partial charge in [-0.2, -0.15) is 0 Å². The SMILES string of the molecule is NC(=O)c1cccc2c1c1c(OCC=O)cccc1n2Cc1cccc(Cl)c1. The van der Waals surface area contributed by atoms with Gasteiger partial charge < -0.3 is 15.0 Å². The second-order valence-corrected chi connectivity index (χ2v) is 6.84. The van der Waals surface area contributed by atoms with Gasteiger partial charge >= 0.3 is 0 Å². The van der Waals surface area contributed by atoms with Gasteiger partial charge in [-0.1, -0.05) is 35.9 Å². The summed E-state index contributed by atoms with van der Waals surface area (Å²) in [5.74, 6) is 0.0192. The number of carbonyl (C=O) groups is 2. The number of nitrogens with zero attached hydrogens (tertiary/aromatic N) is 1. The number of hydrogen-bond acceptors (Lipinski definition) is 3. The fourth-order valence-electron chi connectivity index (χ4n) is 3.59. The zero-order chi connectivity index (χ0) is 19.7. The average molecular weight is 393 g/mol. The van der Waals surface area contributed by atoms with E-state index in [1.54, 1.807) is 12.1 Å². The van der Waals surface area contributed by atoms with Crippen LogP contribution < -0.4 is 10.5 Å². The Morgan fingerprint density at radius 1 is 1.04 bits per heavy atom. The summed E-state index contributed by atoms with van der Waals surface area (Å²) >= 11 is 6.15. The van der Waals surface area contributed by atoms with Crippen LogP contribution in [0.3, 0.4) is 0 Å². The van der Waals surface area contributed by atoms with Crippen molar-refractivity contribution in [1.29, 1.82) is 0 Å². The molecule has 0 atom stereocenters. The molecule has 3 aromatic carbocycles. The summed E-state index contributed by atoms with van der Waals surface area (Å²) in [6, 6.07) is 18.7. The van der Waals surface area contributed by atoms with Gasteiger partial charge in [0, 0.05) is 22.5 Å². The summed E-state index contributed by atoms with van der Waals surface area (Å²) in [7, 11) is 0. The Morgan fingerprint density at radius 2 is 1.75 bits per heavy atom. The number of rotatable bonds is 6. The van der Waals surface area contributed by atoms with Crippen LogP contribution in [-0.4, -0.2) is 23.4 Å². The molecule has 2 N–H and O–H groups in total. The van der Waals surface area contributed by atoms with Crippen LogP contribution in [0, 0.1) is 0 Å². The van der Waals surface area contributed by atoms with Gasteiger partial charge in [-0.15, -0.1) is 0 Å². The highest BCUT2D eigenvalue weighted by Crippen LogP contribution is 2.38. The van der Waals surface area contributed by atoms with E-state index in [1.807, 2.05) is 48.5 Å². The van der Waals surface area contributed by atoms with Crippen molar-refractivity contribution in [3.8, 4) is 5.75 Å². The lowest BCUT2D eigenvalue weighted by atomic mass is 10.1. The first-order valence-corrected chi connectivity index (χ1v) is 9.12. The van der Waals surface area contributed by atoms with E-state index in [0.717, 1.165) is 22.0 Å². The summed E-state index contributed by atoms with van der Waals surface area (Å²) in [5.41, 5.74) is 8.81. The molecule has 1 aromatic heterocycles. The molecule has 0 aliphatic rings. The fraction of sp³-hybridized carbons (Fsp3) is 0.0909. The topological polar surface area (TPSA) is 74.3 Å². The summed E-state index contributed by atoms with van der Waals surface area (Å²) in [5, 5.41) is 2.13. The Balaban J connectivity index is 2.04. The maximum absolute atomic E-state index is 12.1. The third-order valence-electron chi connectivity index (χ3n) is 4.68. The molecule has 4 aromatic rings. The van der Waals surface area contributed by atoms with Crippen LogP contribution in [0.5, 0.6) is 5.75 Å². The monoisotopic (exact) mass is 392 g/mol. The van der Waals surface area contributed by atoms with Crippen molar-refractivity contribution in [3.05, 3.63) is 76.8 Å². The molecule has 0 aliphatic carbocycles. The van der Waals surface area contributed by atoms with Gasteiger partial charge in [0.25, 0.3) is 0 Å². The van der Waals surface area contributed by atoms with E-state index in [0.29, 0.717) is 34.6 Å². The first-order chi connectivity index (χ1) is 13.6. The van der Waals surface area contributed by atoms with Crippen molar-refractivity contribution in [2.75, 3.05) is 6.61 Å². The zero-order valence-corrected chi connectivity index (χ0v) is 15.6. The largest absolute Gasteiger partial charge is 0.485 e. The maximum Gasteiger partial charge on any atom is 0.249 e. The molecule has 0 saturated heterocycles. The third kappa shape index (κ3) is 3.10. The Morgan fingerprint density at radius 3 is 2.46 bits per heavy atom. The highest BCUT2D eigenvalue weighted by molar-refractivity contribution is 6.30. The maximum atomic E-state index is 12.1. The molecule has 6 heteroatoms. The molecule has 0 radical (unpaired) electrons. The smallest absolute Gasteiger partial charge is 0.249 e. The van der Waals surface area contributed by atoms with Gasteiger partial charge in [0.15, 0.2) is 6.29 Å². The molecule has 0 aliphatic heterocycles. The van der Waals surface area contributed by atoms with Crippen LogP contribution in [0.25, 0.3) is 21.8 Å². The second kappa shape index (κ2) is 7.37.